The Hall–Kier alpha value is -0.830. The van der Waals surface area contributed by atoms with Crippen molar-refractivity contribution < 1.29 is 0 Å². The highest BCUT2D eigenvalue weighted by molar-refractivity contribution is 4.98. The maximum Gasteiger partial charge on any atom is 0.0762 e. The van der Waals surface area contributed by atoms with Crippen LogP contribution in [-0.4, -0.2) is 16.3 Å². The van der Waals surface area contributed by atoms with Crippen LogP contribution in [-0.2, 0) is 13.1 Å². The quantitative estimate of drug-likeness (QED) is 0.676. The summed E-state index contributed by atoms with van der Waals surface area (Å²) in [5.41, 5.74) is 1.15. The van der Waals surface area contributed by atoms with Crippen molar-refractivity contribution in [2.45, 2.75) is 46.2 Å². The Kier molecular flexibility index (Phi) is 5.30. The minimum Gasteiger partial charge on any atom is -0.311 e. The van der Waals surface area contributed by atoms with E-state index in [0.717, 1.165) is 31.7 Å². The molecule has 0 aliphatic rings. The van der Waals surface area contributed by atoms with Crippen molar-refractivity contribution in [2.75, 3.05) is 6.54 Å². The van der Waals surface area contributed by atoms with Gasteiger partial charge >= 0.3 is 0 Å². The zero-order valence-corrected chi connectivity index (χ0v) is 9.29. The minimum absolute atomic E-state index is 0.900. The number of nitrogens with one attached hydrogen (secondary N) is 1. The molecule has 0 saturated carbocycles. The number of aromatic nitrogens is 2. The first-order chi connectivity index (χ1) is 6.86. The molecular weight excluding hydrogens is 174 g/mol. The summed E-state index contributed by atoms with van der Waals surface area (Å²) in [5.74, 6) is 0. The first-order valence-corrected chi connectivity index (χ1v) is 5.59. The number of unbranched alkanes of at least 4 members (excludes halogenated alkanes) is 1. The maximum absolute atomic E-state index is 4.45. The number of hydrogen-bond acceptors (Lipinski definition) is 2. The molecule has 1 heterocycles. The topological polar surface area (TPSA) is 29.9 Å². The van der Waals surface area contributed by atoms with Gasteiger partial charge in [-0.15, -0.1) is 0 Å². The highest BCUT2D eigenvalue weighted by Crippen LogP contribution is 1.96. The Morgan fingerprint density at radius 2 is 2.21 bits per heavy atom. The molecule has 14 heavy (non-hydrogen) atoms. The Morgan fingerprint density at radius 1 is 1.36 bits per heavy atom. The summed E-state index contributed by atoms with van der Waals surface area (Å²) in [6.45, 7) is 7.39. The van der Waals surface area contributed by atoms with Crippen molar-refractivity contribution >= 4 is 0 Å². The van der Waals surface area contributed by atoms with Gasteiger partial charge in [0.15, 0.2) is 0 Å². The lowest BCUT2D eigenvalue weighted by Crippen LogP contribution is -2.15. The largest absolute Gasteiger partial charge is 0.311 e. The van der Waals surface area contributed by atoms with Crippen molar-refractivity contribution in [3.05, 3.63) is 18.0 Å². The highest BCUT2D eigenvalue weighted by Gasteiger charge is 1.96. The van der Waals surface area contributed by atoms with Gasteiger partial charge in [-0.2, -0.15) is 5.10 Å². The second-order valence-electron chi connectivity index (χ2n) is 3.60. The van der Waals surface area contributed by atoms with Crippen molar-refractivity contribution in [2.24, 2.45) is 0 Å². The van der Waals surface area contributed by atoms with Crippen LogP contribution >= 0.6 is 0 Å². The molecule has 1 aromatic rings. The van der Waals surface area contributed by atoms with Crippen LogP contribution in [0.5, 0.6) is 0 Å². The first kappa shape index (κ1) is 11.2. The lowest BCUT2D eigenvalue weighted by Gasteiger charge is -2.00. The van der Waals surface area contributed by atoms with E-state index >= 15 is 0 Å². The third-order valence-corrected chi connectivity index (χ3v) is 2.16. The molecule has 0 spiro atoms. The van der Waals surface area contributed by atoms with E-state index < -0.39 is 0 Å². The molecule has 0 aromatic carbocycles. The first-order valence-electron chi connectivity index (χ1n) is 5.59. The molecule has 3 heteroatoms. The number of rotatable bonds is 7. The average Bonchev–Trinajstić information content (AvgIpc) is 2.61. The van der Waals surface area contributed by atoms with Gasteiger partial charge < -0.3 is 5.32 Å². The lowest BCUT2D eigenvalue weighted by molar-refractivity contribution is 0.577. The van der Waals surface area contributed by atoms with Gasteiger partial charge in [-0.25, -0.2) is 0 Å². The molecule has 0 aliphatic heterocycles. The van der Waals surface area contributed by atoms with Crippen LogP contribution < -0.4 is 5.32 Å². The van der Waals surface area contributed by atoms with E-state index in [1.165, 1.54) is 12.8 Å². The van der Waals surface area contributed by atoms with Crippen molar-refractivity contribution in [1.29, 1.82) is 0 Å². The summed E-state index contributed by atoms with van der Waals surface area (Å²) < 4.78 is 2.01. The standard InChI is InChI=1S/C11H21N3/c1-3-5-7-12-10-11-6-9-14(13-11)8-4-2/h6,9,12H,3-5,7-8,10H2,1-2H3. The lowest BCUT2D eigenvalue weighted by atomic mass is 10.3. The summed E-state index contributed by atoms with van der Waals surface area (Å²) in [6.07, 6.45) is 5.69. The maximum atomic E-state index is 4.45. The van der Waals surface area contributed by atoms with E-state index in [9.17, 15) is 0 Å². The summed E-state index contributed by atoms with van der Waals surface area (Å²) in [7, 11) is 0. The van der Waals surface area contributed by atoms with Crippen LogP contribution in [0.4, 0.5) is 0 Å². The monoisotopic (exact) mass is 195 g/mol. The van der Waals surface area contributed by atoms with Gasteiger partial charge in [0.2, 0.25) is 0 Å². The molecule has 1 rings (SSSR count). The number of nitrogens with zero attached hydrogens (tertiary/aromatic N) is 2. The zero-order valence-electron chi connectivity index (χ0n) is 9.29. The fourth-order valence-corrected chi connectivity index (χ4v) is 1.37. The molecule has 0 radical (unpaired) electrons. The van der Waals surface area contributed by atoms with E-state index in [-0.39, 0.29) is 0 Å². The van der Waals surface area contributed by atoms with E-state index in [1.54, 1.807) is 0 Å². The molecule has 3 nitrogen and oxygen atoms in total. The number of hydrogen-bond donors (Lipinski definition) is 1. The molecule has 1 aromatic heterocycles. The summed E-state index contributed by atoms with van der Waals surface area (Å²) >= 11 is 0. The molecular formula is C11H21N3. The molecule has 0 atom stereocenters. The fourth-order valence-electron chi connectivity index (χ4n) is 1.37. The zero-order chi connectivity index (χ0) is 10.2. The molecule has 0 bridgehead atoms. The Morgan fingerprint density at radius 3 is 2.93 bits per heavy atom. The predicted octanol–water partition coefficient (Wildman–Crippen LogP) is 2.18. The van der Waals surface area contributed by atoms with Gasteiger partial charge in [0.1, 0.15) is 0 Å². The van der Waals surface area contributed by atoms with Crippen LogP contribution in [0.1, 0.15) is 38.8 Å². The summed E-state index contributed by atoms with van der Waals surface area (Å²) in [4.78, 5) is 0. The molecule has 0 unspecified atom stereocenters. The average molecular weight is 195 g/mol. The Bertz CT molecular complexity index is 242. The molecule has 1 N–H and O–H groups in total. The second kappa shape index (κ2) is 6.60. The van der Waals surface area contributed by atoms with Crippen molar-refractivity contribution in [3.8, 4) is 0 Å². The molecule has 0 amide bonds. The smallest absolute Gasteiger partial charge is 0.0762 e. The van der Waals surface area contributed by atoms with Crippen LogP contribution in [0.2, 0.25) is 0 Å². The fraction of sp³-hybridized carbons (Fsp3) is 0.727. The molecule has 0 saturated heterocycles. The molecule has 0 aliphatic carbocycles. The Labute approximate surface area is 86.5 Å². The van der Waals surface area contributed by atoms with E-state index in [2.05, 4.69) is 36.5 Å². The van der Waals surface area contributed by atoms with Crippen LogP contribution in [0.3, 0.4) is 0 Å². The minimum atomic E-state index is 0.900. The van der Waals surface area contributed by atoms with Crippen LogP contribution in [0.25, 0.3) is 0 Å². The van der Waals surface area contributed by atoms with Gasteiger partial charge in [-0.1, -0.05) is 20.3 Å². The van der Waals surface area contributed by atoms with E-state index in [1.807, 2.05) is 4.68 Å². The third-order valence-electron chi connectivity index (χ3n) is 2.16. The van der Waals surface area contributed by atoms with Gasteiger partial charge in [0.05, 0.1) is 5.69 Å². The normalized spacial score (nSPS) is 10.7. The van der Waals surface area contributed by atoms with Gasteiger partial charge in [0, 0.05) is 19.3 Å². The predicted molar refractivity (Wildman–Crippen MR) is 59.1 cm³/mol. The van der Waals surface area contributed by atoms with Gasteiger partial charge in [-0.3, -0.25) is 4.68 Å². The van der Waals surface area contributed by atoms with Gasteiger partial charge in [0.25, 0.3) is 0 Å². The SMILES string of the molecule is CCCCNCc1ccn(CCC)n1. The van der Waals surface area contributed by atoms with Crippen molar-refractivity contribution in [3.63, 3.8) is 0 Å². The summed E-state index contributed by atoms with van der Waals surface area (Å²) in [5, 5.41) is 7.83. The summed E-state index contributed by atoms with van der Waals surface area (Å²) in [6, 6.07) is 2.09. The van der Waals surface area contributed by atoms with Crippen LogP contribution in [0, 0.1) is 0 Å². The third kappa shape index (κ3) is 3.92. The number of aryl methyl sites for hydroxylation is 1. The Balaban J connectivity index is 2.22. The molecule has 80 valence electrons. The molecule has 0 fully saturated rings. The van der Waals surface area contributed by atoms with E-state index in [4.69, 9.17) is 0 Å². The van der Waals surface area contributed by atoms with E-state index in [0.29, 0.717) is 0 Å². The highest BCUT2D eigenvalue weighted by atomic mass is 15.3. The van der Waals surface area contributed by atoms with Crippen LogP contribution in [0.15, 0.2) is 12.3 Å². The second-order valence-corrected chi connectivity index (χ2v) is 3.60. The van der Waals surface area contributed by atoms with Crippen molar-refractivity contribution in [1.82, 2.24) is 15.1 Å². The van der Waals surface area contributed by atoms with Gasteiger partial charge in [-0.05, 0) is 25.5 Å².